The van der Waals surface area contributed by atoms with E-state index < -0.39 is 0 Å². The summed E-state index contributed by atoms with van der Waals surface area (Å²) in [5.74, 6) is 0. The lowest BCUT2D eigenvalue weighted by molar-refractivity contribution is -0.596. The van der Waals surface area contributed by atoms with Crippen LogP contribution in [-0.2, 0) is 6.42 Å². The van der Waals surface area contributed by atoms with Crippen molar-refractivity contribution < 1.29 is 17.0 Å². The molecule has 0 aliphatic rings. The van der Waals surface area contributed by atoms with Crippen LogP contribution in [0.2, 0.25) is 0 Å². The van der Waals surface area contributed by atoms with Gasteiger partial charge in [-0.05, 0) is 6.42 Å². The van der Waals surface area contributed by atoms with Gasteiger partial charge in [-0.2, -0.15) is 4.57 Å². The van der Waals surface area contributed by atoms with E-state index in [-0.39, 0.29) is 12.4 Å². The molecule has 0 saturated heterocycles. The molecule has 2 heteroatoms. The SMILES string of the molecule is CCc1ccccc1-[n+]1ccccc1.[Cl-]. The molecule has 1 heterocycles. The Morgan fingerprint density at radius 2 is 1.60 bits per heavy atom. The van der Waals surface area contributed by atoms with Gasteiger partial charge in [0.05, 0.1) is 0 Å². The first-order valence-electron chi connectivity index (χ1n) is 4.96. The summed E-state index contributed by atoms with van der Waals surface area (Å²) >= 11 is 0. The van der Waals surface area contributed by atoms with Crippen molar-refractivity contribution in [3.05, 3.63) is 60.4 Å². The Kier molecular flexibility index (Phi) is 4.32. The van der Waals surface area contributed by atoms with Gasteiger partial charge in [-0.1, -0.05) is 31.2 Å². The predicted octanol–water partition coefficient (Wildman–Crippen LogP) is -0.470. The van der Waals surface area contributed by atoms with Gasteiger partial charge in [0.1, 0.15) is 0 Å². The molecule has 0 radical (unpaired) electrons. The highest BCUT2D eigenvalue weighted by atomic mass is 35.5. The van der Waals surface area contributed by atoms with Crippen molar-refractivity contribution in [1.82, 2.24) is 0 Å². The molecule has 0 saturated carbocycles. The van der Waals surface area contributed by atoms with E-state index in [4.69, 9.17) is 0 Å². The summed E-state index contributed by atoms with van der Waals surface area (Å²) in [6.45, 7) is 2.18. The van der Waals surface area contributed by atoms with Gasteiger partial charge in [0.25, 0.3) is 0 Å². The van der Waals surface area contributed by atoms with E-state index >= 15 is 0 Å². The highest BCUT2D eigenvalue weighted by Gasteiger charge is 2.08. The molecule has 0 spiro atoms. The zero-order valence-electron chi connectivity index (χ0n) is 8.73. The standard InChI is InChI=1S/C13H14N.ClH/c1-2-12-8-4-5-9-13(12)14-10-6-3-7-11-14;/h3-11H,2H2,1H3;1H/q+1;/p-1. The summed E-state index contributed by atoms with van der Waals surface area (Å²) in [5.41, 5.74) is 2.65. The van der Waals surface area contributed by atoms with Gasteiger partial charge >= 0.3 is 0 Å². The number of rotatable bonds is 2. The number of nitrogens with zero attached hydrogens (tertiary/aromatic N) is 1. The van der Waals surface area contributed by atoms with Gasteiger partial charge in [-0.25, -0.2) is 0 Å². The van der Waals surface area contributed by atoms with E-state index in [1.807, 2.05) is 18.2 Å². The smallest absolute Gasteiger partial charge is 0.213 e. The van der Waals surface area contributed by atoms with Gasteiger partial charge in [0, 0.05) is 23.8 Å². The van der Waals surface area contributed by atoms with Crippen LogP contribution >= 0.6 is 0 Å². The summed E-state index contributed by atoms with van der Waals surface area (Å²) in [4.78, 5) is 0. The van der Waals surface area contributed by atoms with Crippen LogP contribution in [0.5, 0.6) is 0 Å². The zero-order valence-corrected chi connectivity index (χ0v) is 9.48. The van der Waals surface area contributed by atoms with E-state index in [0.29, 0.717) is 0 Å². The minimum atomic E-state index is 0. The lowest BCUT2D eigenvalue weighted by Gasteiger charge is -2.00. The van der Waals surface area contributed by atoms with Crippen LogP contribution in [0, 0.1) is 0 Å². The molecule has 0 aliphatic carbocycles. The van der Waals surface area contributed by atoms with Crippen LogP contribution in [0.4, 0.5) is 0 Å². The molecular formula is C13H14ClN. The van der Waals surface area contributed by atoms with Crippen molar-refractivity contribution in [3.63, 3.8) is 0 Å². The zero-order chi connectivity index (χ0) is 9.80. The third-order valence-corrected chi connectivity index (χ3v) is 2.37. The van der Waals surface area contributed by atoms with Crippen LogP contribution in [-0.4, -0.2) is 0 Å². The monoisotopic (exact) mass is 219 g/mol. The van der Waals surface area contributed by atoms with Gasteiger partial charge in [0.2, 0.25) is 5.69 Å². The van der Waals surface area contributed by atoms with E-state index in [2.05, 4.69) is 48.1 Å². The third kappa shape index (κ3) is 2.57. The van der Waals surface area contributed by atoms with Crippen LogP contribution in [0.1, 0.15) is 12.5 Å². The quantitative estimate of drug-likeness (QED) is 0.602. The number of benzene rings is 1. The number of para-hydroxylation sites is 1. The van der Waals surface area contributed by atoms with Crippen molar-refractivity contribution in [1.29, 1.82) is 0 Å². The lowest BCUT2D eigenvalue weighted by Crippen LogP contribution is -3.00. The molecular weight excluding hydrogens is 206 g/mol. The van der Waals surface area contributed by atoms with Crippen molar-refractivity contribution in [2.45, 2.75) is 13.3 Å². The van der Waals surface area contributed by atoms with Gasteiger partial charge < -0.3 is 12.4 Å². The number of aryl methyl sites for hydroxylation is 1. The Balaban J connectivity index is 0.00000112. The van der Waals surface area contributed by atoms with E-state index in [9.17, 15) is 0 Å². The first kappa shape index (κ1) is 11.7. The second-order valence-corrected chi connectivity index (χ2v) is 3.27. The minimum absolute atomic E-state index is 0. The fraction of sp³-hybridized carbons (Fsp3) is 0.154. The van der Waals surface area contributed by atoms with Gasteiger partial charge in [0.15, 0.2) is 12.4 Å². The van der Waals surface area contributed by atoms with Crippen molar-refractivity contribution >= 4 is 0 Å². The van der Waals surface area contributed by atoms with Crippen LogP contribution < -0.4 is 17.0 Å². The Morgan fingerprint density at radius 3 is 2.27 bits per heavy atom. The molecule has 0 aliphatic heterocycles. The molecule has 1 aromatic carbocycles. The number of halogens is 1. The maximum absolute atomic E-state index is 2.18. The average Bonchev–Trinajstić information content (AvgIpc) is 2.30. The first-order valence-corrected chi connectivity index (χ1v) is 4.96. The Bertz CT molecular complexity index is 412. The predicted molar refractivity (Wildman–Crippen MR) is 57.4 cm³/mol. The molecule has 0 fully saturated rings. The number of hydrogen-bond donors (Lipinski definition) is 0. The van der Waals surface area contributed by atoms with Crippen molar-refractivity contribution in [3.8, 4) is 5.69 Å². The normalized spacial score (nSPS) is 9.40. The van der Waals surface area contributed by atoms with E-state index in [1.54, 1.807) is 0 Å². The second kappa shape index (κ2) is 5.52. The van der Waals surface area contributed by atoms with Crippen LogP contribution in [0.25, 0.3) is 5.69 Å². The first-order chi connectivity index (χ1) is 6.92. The molecule has 1 nitrogen and oxygen atoms in total. The summed E-state index contributed by atoms with van der Waals surface area (Å²) < 4.78 is 2.15. The highest BCUT2D eigenvalue weighted by Crippen LogP contribution is 2.08. The fourth-order valence-corrected chi connectivity index (χ4v) is 1.62. The summed E-state index contributed by atoms with van der Waals surface area (Å²) in [6.07, 6.45) is 5.22. The van der Waals surface area contributed by atoms with Crippen molar-refractivity contribution in [2.24, 2.45) is 0 Å². The molecule has 0 N–H and O–H groups in total. The lowest BCUT2D eigenvalue weighted by atomic mass is 10.1. The van der Waals surface area contributed by atoms with E-state index in [0.717, 1.165) is 6.42 Å². The van der Waals surface area contributed by atoms with Gasteiger partial charge in [-0.15, -0.1) is 0 Å². The Morgan fingerprint density at radius 1 is 0.933 bits per heavy atom. The third-order valence-electron chi connectivity index (χ3n) is 2.37. The van der Waals surface area contributed by atoms with E-state index in [1.165, 1.54) is 11.3 Å². The number of pyridine rings is 1. The molecule has 1 aromatic heterocycles. The molecule has 15 heavy (non-hydrogen) atoms. The Hall–Kier alpha value is -1.34. The Labute approximate surface area is 96.8 Å². The second-order valence-electron chi connectivity index (χ2n) is 3.27. The largest absolute Gasteiger partial charge is 1.00 e. The molecule has 0 atom stereocenters. The van der Waals surface area contributed by atoms with Crippen LogP contribution in [0.15, 0.2) is 54.9 Å². The number of hydrogen-bond acceptors (Lipinski definition) is 0. The fourth-order valence-electron chi connectivity index (χ4n) is 1.62. The van der Waals surface area contributed by atoms with Crippen LogP contribution in [0.3, 0.4) is 0 Å². The minimum Gasteiger partial charge on any atom is -1.00 e. The average molecular weight is 220 g/mol. The topological polar surface area (TPSA) is 3.88 Å². The summed E-state index contributed by atoms with van der Waals surface area (Å²) in [5, 5.41) is 0. The number of aromatic nitrogens is 1. The molecule has 2 rings (SSSR count). The van der Waals surface area contributed by atoms with Gasteiger partial charge in [-0.3, -0.25) is 0 Å². The summed E-state index contributed by atoms with van der Waals surface area (Å²) in [6, 6.07) is 14.6. The molecule has 0 amide bonds. The summed E-state index contributed by atoms with van der Waals surface area (Å²) in [7, 11) is 0. The molecule has 0 unspecified atom stereocenters. The molecule has 0 bridgehead atoms. The maximum Gasteiger partial charge on any atom is 0.213 e. The van der Waals surface area contributed by atoms with Crippen molar-refractivity contribution in [2.75, 3.05) is 0 Å². The molecule has 78 valence electrons. The highest BCUT2D eigenvalue weighted by molar-refractivity contribution is 5.33. The molecule has 2 aromatic rings. The maximum atomic E-state index is 2.18.